The lowest BCUT2D eigenvalue weighted by Crippen LogP contribution is -2.20. The fourth-order valence-electron chi connectivity index (χ4n) is 3.42. The predicted molar refractivity (Wildman–Crippen MR) is 112 cm³/mol. The van der Waals surface area contributed by atoms with E-state index in [-0.39, 0.29) is 5.92 Å². The highest BCUT2D eigenvalue weighted by molar-refractivity contribution is 7.80. The molecule has 2 atom stereocenters. The first-order valence-corrected chi connectivity index (χ1v) is 9.38. The molecule has 0 saturated carbocycles. The van der Waals surface area contributed by atoms with E-state index in [1.165, 1.54) is 10.8 Å². The molecule has 0 radical (unpaired) electrons. The first-order valence-electron chi connectivity index (χ1n) is 8.97. The van der Waals surface area contributed by atoms with Crippen LogP contribution in [0.5, 0.6) is 0 Å². The van der Waals surface area contributed by atoms with Gasteiger partial charge in [0.15, 0.2) is 5.05 Å². The Balaban J connectivity index is 1.88. The molecular weight excluding hydrogens is 340 g/mol. The highest BCUT2D eigenvalue weighted by Gasteiger charge is 2.23. The Morgan fingerprint density at radius 1 is 0.923 bits per heavy atom. The molecule has 0 aromatic heterocycles. The third-order valence-electron chi connectivity index (χ3n) is 4.78. The Morgan fingerprint density at radius 2 is 1.62 bits per heavy atom. The molecule has 1 N–H and O–H groups in total. The van der Waals surface area contributed by atoms with E-state index in [2.05, 4.69) is 42.5 Å². The maximum atomic E-state index is 11.0. The minimum Gasteiger partial charge on any atom is -0.490 e. The van der Waals surface area contributed by atoms with Gasteiger partial charge >= 0.3 is 0 Å². The van der Waals surface area contributed by atoms with Crippen molar-refractivity contribution in [1.82, 2.24) is 0 Å². The average Bonchev–Trinajstić information content (AvgIpc) is 2.68. The molecule has 3 aromatic carbocycles. The SMILES string of the molecule is COC(=S)CCC[C@@H](O)[C@@H](c1ccccc1)c1ccc2ccccc2c1. The lowest BCUT2D eigenvalue weighted by atomic mass is 9.84. The quantitative estimate of drug-likeness (QED) is 0.563. The standard InChI is InChI=1S/C23H24O2S/c1-25-22(26)13-7-12-21(24)23(18-9-3-2-4-10-18)20-15-14-17-8-5-6-11-19(17)16-20/h2-6,8-11,14-16,21,23-24H,7,12-13H2,1H3/t21-,23+/m1/s1. The monoisotopic (exact) mass is 364 g/mol. The summed E-state index contributed by atoms with van der Waals surface area (Å²) in [5.74, 6) is -0.0584. The smallest absolute Gasteiger partial charge is 0.159 e. The molecule has 0 unspecified atom stereocenters. The van der Waals surface area contributed by atoms with Crippen molar-refractivity contribution in [2.24, 2.45) is 0 Å². The second-order valence-electron chi connectivity index (χ2n) is 6.53. The molecule has 0 aliphatic rings. The summed E-state index contributed by atoms with van der Waals surface area (Å²) in [6.45, 7) is 0. The van der Waals surface area contributed by atoms with Crippen molar-refractivity contribution in [3.05, 3.63) is 83.9 Å². The number of thiocarbonyl (C=S) groups is 1. The number of fused-ring (bicyclic) bond motifs is 1. The molecule has 3 heteroatoms. The van der Waals surface area contributed by atoms with Crippen LogP contribution < -0.4 is 0 Å². The first kappa shape index (κ1) is 18.6. The van der Waals surface area contributed by atoms with Crippen LogP contribution in [-0.2, 0) is 4.74 Å². The van der Waals surface area contributed by atoms with Gasteiger partial charge in [0.05, 0.1) is 13.2 Å². The molecule has 2 nitrogen and oxygen atoms in total. The van der Waals surface area contributed by atoms with Gasteiger partial charge in [0, 0.05) is 12.3 Å². The number of benzene rings is 3. The summed E-state index contributed by atoms with van der Waals surface area (Å²) < 4.78 is 5.06. The number of methoxy groups -OCH3 is 1. The second kappa shape index (κ2) is 8.93. The van der Waals surface area contributed by atoms with Gasteiger partial charge in [-0.05, 0) is 47.0 Å². The van der Waals surface area contributed by atoms with Gasteiger partial charge in [-0.2, -0.15) is 0 Å². The Kier molecular flexibility index (Phi) is 6.37. The van der Waals surface area contributed by atoms with E-state index in [0.29, 0.717) is 17.9 Å². The Morgan fingerprint density at radius 3 is 2.35 bits per heavy atom. The van der Waals surface area contributed by atoms with E-state index in [1.807, 2.05) is 30.3 Å². The zero-order chi connectivity index (χ0) is 18.4. The Bertz CT molecular complexity index is 860. The summed E-state index contributed by atoms with van der Waals surface area (Å²) in [5, 5.41) is 14.0. The van der Waals surface area contributed by atoms with Crippen LogP contribution in [0.15, 0.2) is 72.8 Å². The summed E-state index contributed by atoms with van der Waals surface area (Å²) in [6.07, 6.45) is 1.71. The summed E-state index contributed by atoms with van der Waals surface area (Å²) in [5.41, 5.74) is 2.27. The number of aliphatic hydroxyl groups is 1. The van der Waals surface area contributed by atoms with Crippen LogP contribution in [-0.4, -0.2) is 23.4 Å². The van der Waals surface area contributed by atoms with Crippen LogP contribution in [0, 0.1) is 0 Å². The number of hydrogen-bond acceptors (Lipinski definition) is 3. The van der Waals surface area contributed by atoms with Crippen molar-refractivity contribution in [3.63, 3.8) is 0 Å². The molecule has 3 aromatic rings. The van der Waals surface area contributed by atoms with Crippen LogP contribution >= 0.6 is 12.2 Å². The molecule has 0 amide bonds. The van der Waals surface area contributed by atoms with E-state index in [0.717, 1.165) is 17.5 Å². The summed E-state index contributed by atoms with van der Waals surface area (Å²) >= 11 is 5.11. The topological polar surface area (TPSA) is 29.5 Å². The molecular formula is C23H24O2S. The van der Waals surface area contributed by atoms with Crippen LogP contribution in [0.25, 0.3) is 10.8 Å². The molecule has 0 spiro atoms. The van der Waals surface area contributed by atoms with E-state index in [4.69, 9.17) is 17.0 Å². The highest BCUT2D eigenvalue weighted by Crippen LogP contribution is 2.32. The van der Waals surface area contributed by atoms with Gasteiger partial charge in [-0.15, -0.1) is 0 Å². The molecule has 26 heavy (non-hydrogen) atoms. The van der Waals surface area contributed by atoms with Crippen LogP contribution in [0.3, 0.4) is 0 Å². The molecule has 0 fully saturated rings. The van der Waals surface area contributed by atoms with Crippen LogP contribution in [0.2, 0.25) is 0 Å². The van der Waals surface area contributed by atoms with Gasteiger partial charge in [-0.3, -0.25) is 0 Å². The largest absolute Gasteiger partial charge is 0.490 e. The third kappa shape index (κ3) is 4.48. The van der Waals surface area contributed by atoms with E-state index >= 15 is 0 Å². The minimum atomic E-state index is -0.474. The third-order valence-corrected chi connectivity index (χ3v) is 5.16. The molecule has 134 valence electrons. The van der Waals surface area contributed by atoms with Crippen molar-refractivity contribution >= 4 is 28.0 Å². The summed E-state index contributed by atoms with van der Waals surface area (Å²) in [7, 11) is 1.60. The van der Waals surface area contributed by atoms with Crippen LogP contribution in [0.1, 0.15) is 36.3 Å². The maximum Gasteiger partial charge on any atom is 0.159 e. The maximum absolute atomic E-state index is 11.0. The average molecular weight is 365 g/mol. The number of rotatable bonds is 7. The summed E-state index contributed by atoms with van der Waals surface area (Å²) in [4.78, 5) is 0. The van der Waals surface area contributed by atoms with Gasteiger partial charge in [0.1, 0.15) is 0 Å². The minimum absolute atomic E-state index is 0.0584. The molecule has 3 rings (SSSR count). The Labute approximate surface area is 160 Å². The molecule has 0 bridgehead atoms. The van der Waals surface area contributed by atoms with Crippen molar-refractivity contribution in [3.8, 4) is 0 Å². The van der Waals surface area contributed by atoms with E-state index in [9.17, 15) is 5.11 Å². The van der Waals surface area contributed by atoms with Crippen molar-refractivity contribution < 1.29 is 9.84 Å². The van der Waals surface area contributed by atoms with E-state index < -0.39 is 6.10 Å². The molecule has 0 saturated heterocycles. The van der Waals surface area contributed by atoms with Crippen LogP contribution in [0.4, 0.5) is 0 Å². The number of hydrogen-bond donors (Lipinski definition) is 1. The zero-order valence-corrected chi connectivity index (χ0v) is 15.8. The lowest BCUT2D eigenvalue weighted by Gasteiger charge is -2.24. The van der Waals surface area contributed by atoms with E-state index in [1.54, 1.807) is 7.11 Å². The molecule has 0 aliphatic carbocycles. The fourth-order valence-corrected chi connectivity index (χ4v) is 3.57. The van der Waals surface area contributed by atoms with Gasteiger partial charge in [-0.1, -0.05) is 72.8 Å². The van der Waals surface area contributed by atoms with Gasteiger partial charge in [0.25, 0.3) is 0 Å². The number of aliphatic hydroxyl groups excluding tert-OH is 1. The molecule has 0 aliphatic heterocycles. The van der Waals surface area contributed by atoms with Gasteiger partial charge < -0.3 is 9.84 Å². The normalized spacial score (nSPS) is 13.3. The zero-order valence-electron chi connectivity index (χ0n) is 15.0. The van der Waals surface area contributed by atoms with Gasteiger partial charge in [0.2, 0.25) is 0 Å². The van der Waals surface area contributed by atoms with Crippen molar-refractivity contribution in [2.75, 3.05) is 7.11 Å². The fraction of sp³-hybridized carbons (Fsp3) is 0.261. The second-order valence-corrected chi connectivity index (χ2v) is 6.99. The van der Waals surface area contributed by atoms with Crippen molar-refractivity contribution in [2.45, 2.75) is 31.3 Å². The molecule has 0 heterocycles. The Hall–Kier alpha value is -2.23. The highest BCUT2D eigenvalue weighted by atomic mass is 32.1. The first-order chi connectivity index (χ1) is 12.7. The van der Waals surface area contributed by atoms with Crippen molar-refractivity contribution in [1.29, 1.82) is 0 Å². The predicted octanol–water partition coefficient (Wildman–Crippen LogP) is 5.48. The summed E-state index contributed by atoms with van der Waals surface area (Å²) in [6, 6.07) is 25.0. The van der Waals surface area contributed by atoms with Gasteiger partial charge in [-0.25, -0.2) is 0 Å². The number of ether oxygens (including phenoxy) is 1. The lowest BCUT2D eigenvalue weighted by molar-refractivity contribution is 0.144.